The standard InChI is InChI=1S/C12H12N2O3/c1-17-11(16)7-14-12-10-6-9(15)3-2-8(10)4-5-13-12/h2-6,15H,7H2,1H3,(H,13,14). The summed E-state index contributed by atoms with van der Waals surface area (Å²) in [5, 5.41) is 14.0. The number of rotatable bonds is 3. The molecular weight excluding hydrogens is 220 g/mol. The zero-order valence-electron chi connectivity index (χ0n) is 9.30. The lowest BCUT2D eigenvalue weighted by molar-refractivity contribution is -0.138. The number of anilines is 1. The third-order valence-corrected chi connectivity index (χ3v) is 2.38. The summed E-state index contributed by atoms with van der Waals surface area (Å²) in [6.07, 6.45) is 1.64. The molecule has 0 saturated carbocycles. The largest absolute Gasteiger partial charge is 0.508 e. The van der Waals surface area contributed by atoms with Crippen LogP contribution in [0.4, 0.5) is 5.82 Å². The number of nitrogens with one attached hydrogen (secondary N) is 1. The molecule has 0 spiro atoms. The Labute approximate surface area is 98.0 Å². The molecule has 5 heteroatoms. The molecule has 0 aliphatic heterocycles. The van der Waals surface area contributed by atoms with E-state index in [0.29, 0.717) is 5.82 Å². The Balaban J connectivity index is 2.33. The molecule has 17 heavy (non-hydrogen) atoms. The molecule has 0 atom stereocenters. The van der Waals surface area contributed by atoms with Crippen molar-refractivity contribution in [2.24, 2.45) is 0 Å². The van der Waals surface area contributed by atoms with Crippen molar-refractivity contribution >= 4 is 22.6 Å². The third-order valence-electron chi connectivity index (χ3n) is 2.38. The van der Waals surface area contributed by atoms with Gasteiger partial charge >= 0.3 is 5.97 Å². The second-order valence-corrected chi connectivity index (χ2v) is 3.49. The Hall–Kier alpha value is -2.30. The number of nitrogens with zero attached hydrogens (tertiary/aromatic N) is 1. The number of aromatic nitrogens is 1. The maximum absolute atomic E-state index is 11.0. The number of carbonyl (C=O) groups is 1. The Bertz CT molecular complexity index is 554. The Morgan fingerprint density at radius 3 is 3.06 bits per heavy atom. The lowest BCUT2D eigenvalue weighted by atomic mass is 10.1. The lowest BCUT2D eigenvalue weighted by Gasteiger charge is -2.07. The van der Waals surface area contributed by atoms with Gasteiger partial charge in [0.15, 0.2) is 0 Å². The molecule has 88 valence electrons. The summed E-state index contributed by atoms with van der Waals surface area (Å²) >= 11 is 0. The summed E-state index contributed by atoms with van der Waals surface area (Å²) in [6, 6.07) is 6.82. The number of phenolic OH excluding ortho intramolecular Hbond substituents is 1. The predicted octanol–water partition coefficient (Wildman–Crippen LogP) is 1.53. The Morgan fingerprint density at radius 2 is 2.29 bits per heavy atom. The fourth-order valence-electron chi connectivity index (χ4n) is 1.53. The molecule has 1 aromatic heterocycles. The highest BCUT2D eigenvalue weighted by molar-refractivity contribution is 5.93. The third kappa shape index (κ3) is 2.44. The van der Waals surface area contributed by atoms with Crippen molar-refractivity contribution in [3.8, 4) is 5.75 Å². The zero-order valence-corrected chi connectivity index (χ0v) is 9.30. The van der Waals surface area contributed by atoms with Crippen molar-refractivity contribution in [3.63, 3.8) is 0 Å². The number of carbonyl (C=O) groups excluding carboxylic acids is 1. The minimum Gasteiger partial charge on any atom is -0.508 e. The average molecular weight is 232 g/mol. The van der Waals surface area contributed by atoms with Gasteiger partial charge in [0, 0.05) is 11.6 Å². The van der Waals surface area contributed by atoms with Gasteiger partial charge in [0.2, 0.25) is 0 Å². The summed E-state index contributed by atoms with van der Waals surface area (Å²) in [5.41, 5.74) is 0. The molecule has 0 amide bonds. The van der Waals surface area contributed by atoms with Gasteiger partial charge in [0.25, 0.3) is 0 Å². The van der Waals surface area contributed by atoms with Crippen molar-refractivity contribution in [1.29, 1.82) is 0 Å². The minimum atomic E-state index is -0.371. The number of aromatic hydroxyl groups is 1. The quantitative estimate of drug-likeness (QED) is 0.785. The van der Waals surface area contributed by atoms with Crippen molar-refractivity contribution in [1.82, 2.24) is 4.98 Å². The highest BCUT2D eigenvalue weighted by Gasteiger charge is 2.05. The van der Waals surface area contributed by atoms with E-state index in [-0.39, 0.29) is 18.3 Å². The highest BCUT2D eigenvalue weighted by atomic mass is 16.5. The fraction of sp³-hybridized carbons (Fsp3) is 0.167. The van der Waals surface area contributed by atoms with E-state index in [0.717, 1.165) is 10.8 Å². The molecule has 0 saturated heterocycles. The molecule has 2 rings (SSSR count). The van der Waals surface area contributed by atoms with E-state index in [9.17, 15) is 9.90 Å². The smallest absolute Gasteiger partial charge is 0.325 e. The molecular formula is C12H12N2O3. The van der Waals surface area contributed by atoms with Crippen LogP contribution in [0.15, 0.2) is 30.5 Å². The van der Waals surface area contributed by atoms with Gasteiger partial charge in [-0.15, -0.1) is 0 Å². The van der Waals surface area contributed by atoms with Gasteiger partial charge < -0.3 is 15.2 Å². The van der Waals surface area contributed by atoms with E-state index < -0.39 is 0 Å². The number of methoxy groups -OCH3 is 1. The summed E-state index contributed by atoms with van der Waals surface area (Å²) < 4.78 is 4.53. The van der Waals surface area contributed by atoms with Crippen LogP contribution < -0.4 is 5.32 Å². The number of hydrogen-bond acceptors (Lipinski definition) is 5. The molecule has 0 fully saturated rings. The molecule has 1 heterocycles. The first-order valence-electron chi connectivity index (χ1n) is 5.09. The first-order chi connectivity index (χ1) is 8.20. The van der Waals surface area contributed by atoms with Crippen LogP contribution in [-0.4, -0.2) is 29.7 Å². The van der Waals surface area contributed by atoms with E-state index in [2.05, 4.69) is 15.0 Å². The van der Waals surface area contributed by atoms with Crippen LogP contribution in [0.1, 0.15) is 0 Å². The van der Waals surface area contributed by atoms with Gasteiger partial charge in [0.05, 0.1) is 7.11 Å². The highest BCUT2D eigenvalue weighted by Crippen LogP contribution is 2.24. The average Bonchev–Trinajstić information content (AvgIpc) is 2.35. The van der Waals surface area contributed by atoms with Crippen molar-refractivity contribution in [2.75, 3.05) is 19.0 Å². The number of ether oxygens (including phenoxy) is 1. The normalized spacial score (nSPS) is 10.2. The minimum absolute atomic E-state index is 0.0399. The van der Waals surface area contributed by atoms with Crippen LogP contribution in [0.25, 0.3) is 10.8 Å². The second-order valence-electron chi connectivity index (χ2n) is 3.49. The van der Waals surface area contributed by atoms with Crippen molar-refractivity contribution in [2.45, 2.75) is 0 Å². The van der Waals surface area contributed by atoms with Crippen molar-refractivity contribution in [3.05, 3.63) is 30.5 Å². The summed E-state index contributed by atoms with van der Waals surface area (Å²) in [4.78, 5) is 15.2. The summed E-state index contributed by atoms with van der Waals surface area (Å²) in [6.45, 7) is 0.0399. The molecule has 0 aliphatic carbocycles. The van der Waals surface area contributed by atoms with Crippen LogP contribution in [0, 0.1) is 0 Å². The topological polar surface area (TPSA) is 71.5 Å². The van der Waals surface area contributed by atoms with Crippen LogP contribution in [0.5, 0.6) is 5.75 Å². The van der Waals surface area contributed by atoms with E-state index in [4.69, 9.17) is 0 Å². The molecule has 1 aromatic carbocycles. The molecule has 2 aromatic rings. The molecule has 0 radical (unpaired) electrons. The fourth-order valence-corrected chi connectivity index (χ4v) is 1.53. The van der Waals surface area contributed by atoms with Gasteiger partial charge in [-0.3, -0.25) is 4.79 Å². The van der Waals surface area contributed by atoms with E-state index in [1.54, 1.807) is 24.4 Å². The van der Waals surface area contributed by atoms with Gasteiger partial charge in [-0.25, -0.2) is 4.98 Å². The zero-order chi connectivity index (χ0) is 12.3. The van der Waals surface area contributed by atoms with Gasteiger partial charge in [-0.1, -0.05) is 6.07 Å². The van der Waals surface area contributed by atoms with E-state index in [1.807, 2.05) is 6.07 Å². The predicted molar refractivity (Wildman–Crippen MR) is 63.9 cm³/mol. The lowest BCUT2D eigenvalue weighted by Crippen LogP contribution is -2.15. The van der Waals surface area contributed by atoms with Crippen LogP contribution in [0.3, 0.4) is 0 Å². The SMILES string of the molecule is COC(=O)CNc1nccc2ccc(O)cc12. The van der Waals surface area contributed by atoms with Gasteiger partial charge in [-0.05, 0) is 23.6 Å². The molecule has 0 bridgehead atoms. The number of esters is 1. The molecule has 5 nitrogen and oxygen atoms in total. The number of phenols is 1. The van der Waals surface area contributed by atoms with E-state index in [1.165, 1.54) is 7.11 Å². The maximum Gasteiger partial charge on any atom is 0.325 e. The Kier molecular flexibility index (Phi) is 3.09. The summed E-state index contributed by atoms with van der Waals surface area (Å²) in [5.74, 6) is 0.333. The van der Waals surface area contributed by atoms with Crippen LogP contribution in [-0.2, 0) is 9.53 Å². The second kappa shape index (κ2) is 4.69. The van der Waals surface area contributed by atoms with Crippen LogP contribution in [0.2, 0.25) is 0 Å². The van der Waals surface area contributed by atoms with Crippen LogP contribution >= 0.6 is 0 Å². The van der Waals surface area contributed by atoms with Gasteiger partial charge in [-0.2, -0.15) is 0 Å². The number of benzene rings is 1. The van der Waals surface area contributed by atoms with E-state index >= 15 is 0 Å². The van der Waals surface area contributed by atoms with Crippen molar-refractivity contribution < 1.29 is 14.6 Å². The van der Waals surface area contributed by atoms with Gasteiger partial charge in [0.1, 0.15) is 18.1 Å². The molecule has 2 N–H and O–H groups in total. The number of fused-ring (bicyclic) bond motifs is 1. The number of pyridine rings is 1. The number of hydrogen-bond donors (Lipinski definition) is 2. The maximum atomic E-state index is 11.0. The Morgan fingerprint density at radius 1 is 1.47 bits per heavy atom. The molecule has 0 aliphatic rings. The molecule has 0 unspecified atom stereocenters. The first kappa shape index (κ1) is 11.2. The first-order valence-corrected chi connectivity index (χ1v) is 5.09. The summed E-state index contributed by atoms with van der Waals surface area (Å²) in [7, 11) is 1.33. The monoisotopic (exact) mass is 232 g/mol.